The third kappa shape index (κ3) is 8.42. The van der Waals surface area contributed by atoms with Crippen molar-refractivity contribution in [2.45, 2.75) is 51.7 Å². The van der Waals surface area contributed by atoms with E-state index in [0.29, 0.717) is 32.5 Å². The van der Waals surface area contributed by atoms with E-state index in [1.54, 1.807) is 0 Å². The van der Waals surface area contributed by atoms with Crippen LogP contribution in [0.2, 0.25) is 0 Å². The summed E-state index contributed by atoms with van der Waals surface area (Å²) in [6.07, 6.45) is 1.49. The molecule has 0 fully saturated rings. The Bertz CT molecular complexity index is 471. The quantitative estimate of drug-likeness (QED) is 0.652. The molecule has 0 unspecified atom stereocenters. The first-order valence-electron chi connectivity index (χ1n) is 7.53. The molecule has 0 radical (unpaired) electrons. The van der Waals surface area contributed by atoms with E-state index in [-0.39, 0.29) is 12.3 Å². The first kappa shape index (κ1) is 18.2. The van der Waals surface area contributed by atoms with Crippen LogP contribution >= 0.6 is 0 Å². The molecule has 2 N–H and O–H groups in total. The van der Waals surface area contributed by atoms with Crippen LogP contribution in [0.15, 0.2) is 30.3 Å². The number of ether oxygens (including phenoxy) is 1. The maximum Gasteiger partial charge on any atom is 0.303 e. The molecule has 0 saturated heterocycles. The minimum absolute atomic E-state index is 0.0491. The Kier molecular flexibility index (Phi) is 7.60. The zero-order chi connectivity index (χ0) is 16.4. The second-order valence-electron chi connectivity index (χ2n) is 5.97. The standard InChI is InChI=1S/C17H25NO4/c1-17(2,11-10-16(20)21)18-15(19)9-6-12-22-13-14-7-4-3-5-8-14/h3-5,7-8H,6,9-13H2,1-2H3,(H,18,19)(H,20,21). The molecule has 0 aromatic heterocycles. The Labute approximate surface area is 131 Å². The van der Waals surface area contributed by atoms with Gasteiger partial charge in [0.15, 0.2) is 0 Å². The van der Waals surface area contributed by atoms with Crippen molar-refractivity contribution in [2.75, 3.05) is 6.61 Å². The first-order valence-corrected chi connectivity index (χ1v) is 7.53. The number of nitrogens with one attached hydrogen (secondary N) is 1. The number of carbonyl (C=O) groups is 2. The van der Waals surface area contributed by atoms with Crippen molar-refractivity contribution in [3.8, 4) is 0 Å². The van der Waals surface area contributed by atoms with Gasteiger partial charge in [-0.05, 0) is 32.3 Å². The highest BCUT2D eigenvalue weighted by Gasteiger charge is 2.21. The molecule has 1 aromatic rings. The van der Waals surface area contributed by atoms with Gasteiger partial charge in [-0.25, -0.2) is 0 Å². The molecule has 0 aliphatic rings. The molecule has 5 nitrogen and oxygen atoms in total. The fraction of sp³-hybridized carbons (Fsp3) is 0.529. The summed E-state index contributed by atoms with van der Waals surface area (Å²) in [6, 6.07) is 9.88. The van der Waals surface area contributed by atoms with Gasteiger partial charge in [0, 0.05) is 25.0 Å². The van der Waals surface area contributed by atoms with E-state index in [2.05, 4.69) is 5.32 Å². The van der Waals surface area contributed by atoms with E-state index in [9.17, 15) is 9.59 Å². The Balaban J connectivity index is 2.13. The zero-order valence-electron chi connectivity index (χ0n) is 13.3. The fourth-order valence-electron chi connectivity index (χ4n) is 2.02. The van der Waals surface area contributed by atoms with Crippen LogP contribution in [0.25, 0.3) is 0 Å². The molecule has 0 bridgehead atoms. The van der Waals surface area contributed by atoms with E-state index in [0.717, 1.165) is 5.56 Å². The Morgan fingerprint density at radius 3 is 2.50 bits per heavy atom. The summed E-state index contributed by atoms with van der Waals surface area (Å²) in [6.45, 7) is 4.74. The molecular formula is C17H25NO4. The first-order chi connectivity index (χ1) is 10.4. The smallest absolute Gasteiger partial charge is 0.303 e. The molecule has 122 valence electrons. The van der Waals surface area contributed by atoms with Gasteiger partial charge in [-0.15, -0.1) is 0 Å². The third-order valence-corrected chi connectivity index (χ3v) is 3.25. The molecular weight excluding hydrogens is 282 g/mol. The summed E-state index contributed by atoms with van der Waals surface area (Å²) >= 11 is 0. The third-order valence-electron chi connectivity index (χ3n) is 3.25. The molecule has 0 saturated carbocycles. The van der Waals surface area contributed by atoms with Gasteiger partial charge in [-0.1, -0.05) is 30.3 Å². The lowest BCUT2D eigenvalue weighted by molar-refractivity contribution is -0.137. The van der Waals surface area contributed by atoms with Crippen molar-refractivity contribution >= 4 is 11.9 Å². The largest absolute Gasteiger partial charge is 0.481 e. The predicted molar refractivity (Wildman–Crippen MR) is 84.4 cm³/mol. The van der Waals surface area contributed by atoms with Gasteiger partial charge in [-0.2, -0.15) is 0 Å². The molecule has 0 spiro atoms. The molecule has 0 heterocycles. The van der Waals surface area contributed by atoms with Crippen LogP contribution in [-0.4, -0.2) is 29.1 Å². The summed E-state index contributed by atoms with van der Waals surface area (Å²) in [7, 11) is 0. The monoisotopic (exact) mass is 307 g/mol. The molecule has 5 heteroatoms. The van der Waals surface area contributed by atoms with E-state index in [4.69, 9.17) is 9.84 Å². The fourth-order valence-corrected chi connectivity index (χ4v) is 2.02. The number of carbonyl (C=O) groups excluding carboxylic acids is 1. The molecule has 1 rings (SSSR count). The van der Waals surface area contributed by atoms with E-state index in [1.807, 2.05) is 44.2 Å². The summed E-state index contributed by atoms with van der Waals surface area (Å²) in [4.78, 5) is 22.4. The van der Waals surface area contributed by atoms with Crippen molar-refractivity contribution in [3.63, 3.8) is 0 Å². The average molecular weight is 307 g/mol. The SMILES string of the molecule is CC(C)(CCC(=O)O)NC(=O)CCCOCc1ccccc1. The highest BCUT2D eigenvalue weighted by Crippen LogP contribution is 2.11. The van der Waals surface area contributed by atoms with Crippen LogP contribution in [0.3, 0.4) is 0 Å². The number of carboxylic acids is 1. The topological polar surface area (TPSA) is 75.6 Å². The van der Waals surface area contributed by atoms with Gasteiger partial charge >= 0.3 is 5.97 Å². The van der Waals surface area contributed by atoms with E-state index in [1.165, 1.54) is 0 Å². The van der Waals surface area contributed by atoms with Gasteiger partial charge in [0.1, 0.15) is 0 Å². The number of hydrogen-bond acceptors (Lipinski definition) is 3. The van der Waals surface area contributed by atoms with Crippen molar-refractivity contribution in [2.24, 2.45) is 0 Å². The van der Waals surface area contributed by atoms with Crippen LogP contribution in [0.1, 0.15) is 45.1 Å². The second-order valence-corrected chi connectivity index (χ2v) is 5.97. The zero-order valence-corrected chi connectivity index (χ0v) is 13.3. The van der Waals surface area contributed by atoms with Crippen molar-refractivity contribution < 1.29 is 19.4 Å². The highest BCUT2D eigenvalue weighted by molar-refractivity contribution is 5.76. The minimum atomic E-state index is -0.850. The van der Waals surface area contributed by atoms with Gasteiger partial charge in [0.05, 0.1) is 6.61 Å². The maximum absolute atomic E-state index is 11.8. The number of aliphatic carboxylic acids is 1. The van der Waals surface area contributed by atoms with Crippen LogP contribution in [-0.2, 0) is 20.9 Å². The number of benzene rings is 1. The van der Waals surface area contributed by atoms with Gasteiger partial charge < -0.3 is 15.2 Å². The molecule has 22 heavy (non-hydrogen) atoms. The summed E-state index contributed by atoms with van der Waals surface area (Å²) in [5.41, 5.74) is 0.613. The Morgan fingerprint density at radius 2 is 1.86 bits per heavy atom. The molecule has 1 amide bonds. The van der Waals surface area contributed by atoms with Gasteiger partial charge in [-0.3, -0.25) is 9.59 Å². The van der Waals surface area contributed by atoms with Crippen LogP contribution in [0.4, 0.5) is 0 Å². The lowest BCUT2D eigenvalue weighted by Crippen LogP contribution is -2.43. The van der Waals surface area contributed by atoms with Crippen LogP contribution in [0.5, 0.6) is 0 Å². The van der Waals surface area contributed by atoms with Crippen LogP contribution < -0.4 is 5.32 Å². The summed E-state index contributed by atoms with van der Waals surface area (Å²) in [5.74, 6) is -0.921. The van der Waals surface area contributed by atoms with E-state index >= 15 is 0 Å². The minimum Gasteiger partial charge on any atom is -0.481 e. The molecule has 1 aromatic carbocycles. The Morgan fingerprint density at radius 1 is 1.18 bits per heavy atom. The second kappa shape index (κ2) is 9.20. The predicted octanol–water partition coefficient (Wildman–Crippen LogP) is 2.74. The normalized spacial score (nSPS) is 11.2. The number of amides is 1. The van der Waals surface area contributed by atoms with E-state index < -0.39 is 11.5 Å². The summed E-state index contributed by atoms with van der Waals surface area (Å²) < 4.78 is 5.52. The highest BCUT2D eigenvalue weighted by atomic mass is 16.5. The number of rotatable bonds is 10. The molecule has 0 aliphatic carbocycles. The van der Waals surface area contributed by atoms with Gasteiger partial charge in [0.25, 0.3) is 0 Å². The molecule has 0 atom stereocenters. The lowest BCUT2D eigenvalue weighted by Gasteiger charge is -2.25. The lowest BCUT2D eigenvalue weighted by atomic mass is 9.98. The number of hydrogen-bond donors (Lipinski definition) is 2. The summed E-state index contributed by atoms with van der Waals surface area (Å²) in [5, 5.41) is 11.5. The Hall–Kier alpha value is -1.88. The van der Waals surface area contributed by atoms with Crippen molar-refractivity contribution in [1.29, 1.82) is 0 Å². The van der Waals surface area contributed by atoms with Crippen molar-refractivity contribution in [1.82, 2.24) is 5.32 Å². The van der Waals surface area contributed by atoms with Crippen LogP contribution in [0, 0.1) is 0 Å². The van der Waals surface area contributed by atoms with Gasteiger partial charge in [0.2, 0.25) is 5.91 Å². The average Bonchev–Trinajstić information content (AvgIpc) is 2.45. The molecule has 0 aliphatic heterocycles. The van der Waals surface area contributed by atoms with Crippen molar-refractivity contribution in [3.05, 3.63) is 35.9 Å². The number of carboxylic acid groups (broad SMARTS) is 1. The maximum atomic E-state index is 11.8.